The topological polar surface area (TPSA) is 18.5 Å². The molecule has 3 rings (SSSR count). The first-order valence-electron chi connectivity index (χ1n) is 7.13. The molecule has 3 heteroatoms. The van der Waals surface area contributed by atoms with Gasteiger partial charge >= 0.3 is 0 Å². The smallest absolute Gasteiger partial charge is 0.126 e. The lowest BCUT2D eigenvalue weighted by Gasteiger charge is -2.26. The van der Waals surface area contributed by atoms with Crippen LogP contribution in [0, 0.1) is 0 Å². The van der Waals surface area contributed by atoms with Gasteiger partial charge in [-0.25, -0.2) is 6.07 Å². The fraction of sp³-hybridized carbons (Fsp3) is 0.105. The highest BCUT2D eigenvalue weighted by Gasteiger charge is 2.18. The molecule has 0 fully saturated rings. The molecule has 3 aromatic rings. The van der Waals surface area contributed by atoms with Crippen molar-refractivity contribution in [1.82, 2.24) is 0 Å². The van der Waals surface area contributed by atoms with Crippen molar-refractivity contribution >= 4 is 23.8 Å². The van der Waals surface area contributed by atoms with Crippen molar-refractivity contribution in [3.05, 3.63) is 72.8 Å². The quantitative estimate of drug-likeness (QED) is 0.532. The lowest BCUT2D eigenvalue weighted by atomic mass is 10.3. The molecule has 0 aliphatic heterocycles. The Kier molecular flexibility index (Phi) is 4.50. The maximum Gasteiger partial charge on any atom is 0.126 e. The number of rotatable bonds is 5. The van der Waals surface area contributed by atoms with Crippen molar-refractivity contribution in [2.75, 3.05) is 14.2 Å². The highest BCUT2D eigenvalue weighted by molar-refractivity contribution is 7.80. The van der Waals surface area contributed by atoms with E-state index in [1.807, 2.05) is 24.3 Å². The highest BCUT2D eigenvalue weighted by atomic mass is 31.1. The number of benzene rings is 2. The number of hydrogen-bond acceptors (Lipinski definition) is 2. The molecule has 0 aliphatic rings. The number of methoxy groups -OCH3 is 2. The molecule has 0 aliphatic carbocycles. The molecule has 0 saturated carbocycles. The molecule has 0 spiro atoms. The van der Waals surface area contributed by atoms with Gasteiger partial charge in [0, 0.05) is 10.6 Å². The summed E-state index contributed by atoms with van der Waals surface area (Å²) in [6.45, 7) is 0. The molecule has 3 aromatic carbocycles. The SMILES string of the molecule is COc1ccccc1P(c1cc[cH-]c1)c1ccccc1OC. The average molecular weight is 309 g/mol. The van der Waals surface area contributed by atoms with Crippen LogP contribution in [0.1, 0.15) is 0 Å². The summed E-state index contributed by atoms with van der Waals surface area (Å²) in [7, 11) is 2.73. The van der Waals surface area contributed by atoms with E-state index in [-0.39, 0.29) is 0 Å². The average Bonchev–Trinajstić information content (AvgIpc) is 3.10. The lowest BCUT2D eigenvalue weighted by Crippen LogP contribution is -2.22. The fourth-order valence-electron chi connectivity index (χ4n) is 2.55. The summed E-state index contributed by atoms with van der Waals surface area (Å²) < 4.78 is 11.2. The van der Waals surface area contributed by atoms with Gasteiger partial charge in [0.05, 0.1) is 14.2 Å². The molecule has 0 N–H and O–H groups in total. The molecule has 2 nitrogen and oxygen atoms in total. The molecule has 22 heavy (non-hydrogen) atoms. The van der Waals surface area contributed by atoms with Crippen LogP contribution in [0.15, 0.2) is 72.8 Å². The summed E-state index contributed by atoms with van der Waals surface area (Å²) in [5.74, 6) is 1.83. The zero-order valence-corrected chi connectivity index (χ0v) is 13.6. The summed E-state index contributed by atoms with van der Waals surface area (Å²) in [5, 5.41) is 3.70. The standard InChI is InChI=1S/C19H18O2P/c1-20-16-11-5-7-13-18(16)22(15-9-3-4-10-15)19-14-8-6-12-17(19)21-2/h3-14H,1-2H3/q-1. The molecular weight excluding hydrogens is 291 g/mol. The van der Waals surface area contributed by atoms with Crippen molar-refractivity contribution in [2.24, 2.45) is 0 Å². The summed E-state index contributed by atoms with van der Waals surface area (Å²) in [6.07, 6.45) is 0. The van der Waals surface area contributed by atoms with Crippen LogP contribution in [0.5, 0.6) is 11.5 Å². The van der Waals surface area contributed by atoms with E-state index in [0.29, 0.717) is 0 Å². The molecule has 112 valence electrons. The van der Waals surface area contributed by atoms with Gasteiger partial charge in [0.2, 0.25) is 0 Å². The summed E-state index contributed by atoms with van der Waals surface area (Å²) in [5.41, 5.74) is 0. The monoisotopic (exact) mass is 309 g/mol. The molecule has 0 aromatic heterocycles. The van der Waals surface area contributed by atoms with Crippen LogP contribution in [0.3, 0.4) is 0 Å². The number of ether oxygens (including phenoxy) is 2. The fourth-order valence-corrected chi connectivity index (χ4v) is 5.08. The predicted molar refractivity (Wildman–Crippen MR) is 93.8 cm³/mol. The molecule has 0 radical (unpaired) electrons. The van der Waals surface area contributed by atoms with Gasteiger partial charge in [0.15, 0.2) is 0 Å². The maximum atomic E-state index is 5.59. The highest BCUT2D eigenvalue weighted by Crippen LogP contribution is 2.39. The van der Waals surface area contributed by atoms with E-state index >= 15 is 0 Å². The molecule has 0 bridgehead atoms. The summed E-state index contributed by atoms with van der Waals surface area (Å²) in [6, 6.07) is 24.9. The van der Waals surface area contributed by atoms with Crippen molar-refractivity contribution in [3.63, 3.8) is 0 Å². The Morgan fingerprint density at radius 2 is 1.32 bits per heavy atom. The Bertz CT molecular complexity index is 687. The number of para-hydroxylation sites is 2. The first-order valence-corrected chi connectivity index (χ1v) is 8.47. The van der Waals surface area contributed by atoms with Gasteiger partial charge in [0.1, 0.15) is 11.5 Å². The molecule has 0 heterocycles. The molecular formula is C19H18O2P-. The zero-order chi connectivity index (χ0) is 15.4. The van der Waals surface area contributed by atoms with E-state index in [1.54, 1.807) is 14.2 Å². The van der Waals surface area contributed by atoms with Gasteiger partial charge in [-0.2, -0.15) is 23.5 Å². The van der Waals surface area contributed by atoms with Crippen molar-refractivity contribution < 1.29 is 9.47 Å². The third-order valence-electron chi connectivity index (χ3n) is 3.56. The zero-order valence-electron chi connectivity index (χ0n) is 12.7. The van der Waals surface area contributed by atoms with Crippen molar-refractivity contribution in [2.45, 2.75) is 0 Å². The number of hydrogen-bond donors (Lipinski definition) is 0. The molecule has 0 saturated heterocycles. The normalized spacial score (nSPS) is 10.7. The molecule has 0 unspecified atom stereocenters. The Labute approximate surface area is 132 Å². The van der Waals surface area contributed by atoms with Gasteiger partial charge < -0.3 is 9.47 Å². The van der Waals surface area contributed by atoms with E-state index < -0.39 is 7.92 Å². The van der Waals surface area contributed by atoms with Gasteiger partial charge in [-0.3, -0.25) is 0 Å². The molecule has 0 atom stereocenters. The largest absolute Gasteiger partial charge is 0.496 e. The second-order valence-electron chi connectivity index (χ2n) is 4.82. The third-order valence-corrected chi connectivity index (χ3v) is 6.07. The van der Waals surface area contributed by atoms with Crippen LogP contribution in [0.2, 0.25) is 0 Å². The minimum absolute atomic E-state index is 0.712. The van der Waals surface area contributed by atoms with E-state index in [2.05, 4.69) is 48.5 Å². The van der Waals surface area contributed by atoms with Gasteiger partial charge in [-0.15, -0.1) is 0 Å². The Hall–Kier alpha value is -2.18. The van der Waals surface area contributed by atoms with Crippen LogP contribution in [-0.4, -0.2) is 14.2 Å². The van der Waals surface area contributed by atoms with E-state index in [0.717, 1.165) is 11.5 Å². The maximum absolute atomic E-state index is 5.59. The lowest BCUT2D eigenvalue weighted by molar-refractivity contribution is 0.417. The predicted octanol–water partition coefficient (Wildman–Crippen LogP) is 3.18. The second-order valence-corrected chi connectivity index (χ2v) is 6.97. The second kappa shape index (κ2) is 6.72. The van der Waals surface area contributed by atoms with Gasteiger partial charge in [0.25, 0.3) is 0 Å². The van der Waals surface area contributed by atoms with Gasteiger partial charge in [-0.1, -0.05) is 44.3 Å². The Morgan fingerprint density at radius 3 is 1.77 bits per heavy atom. The Morgan fingerprint density at radius 1 is 0.773 bits per heavy atom. The first-order chi connectivity index (χ1) is 10.8. The minimum atomic E-state index is -0.712. The van der Waals surface area contributed by atoms with Crippen LogP contribution in [-0.2, 0) is 0 Å². The van der Waals surface area contributed by atoms with E-state index in [1.165, 1.54) is 15.9 Å². The van der Waals surface area contributed by atoms with Crippen LogP contribution >= 0.6 is 7.92 Å². The van der Waals surface area contributed by atoms with E-state index in [9.17, 15) is 0 Å². The third kappa shape index (κ3) is 2.75. The van der Waals surface area contributed by atoms with Gasteiger partial charge in [-0.05, 0) is 12.1 Å². The minimum Gasteiger partial charge on any atom is -0.496 e. The van der Waals surface area contributed by atoms with Crippen molar-refractivity contribution in [1.29, 1.82) is 0 Å². The first kappa shape index (κ1) is 14.7. The van der Waals surface area contributed by atoms with Crippen LogP contribution < -0.4 is 25.4 Å². The Balaban J connectivity index is 2.21. The van der Waals surface area contributed by atoms with E-state index in [4.69, 9.17) is 9.47 Å². The summed E-state index contributed by atoms with van der Waals surface area (Å²) >= 11 is 0. The molecule has 0 amide bonds. The van der Waals surface area contributed by atoms with Crippen molar-refractivity contribution in [3.8, 4) is 11.5 Å². The van der Waals surface area contributed by atoms with Crippen LogP contribution in [0.4, 0.5) is 0 Å². The van der Waals surface area contributed by atoms with Crippen LogP contribution in [0.25, 0.3) is 0 Å². The summed E-state index contributed by atoms with van der Waals surface area (Å²) in [4.78, 5) is 0.